The van der Waals surface area contributed by atoms with E-state index in [2.05, 4.69) is 5.32 Å². The van der Waals surface area contributed by atoms with E-state index in [1.54, 1.807) is 21.9 Å². The second kappa shape index (κ2) is 6.56. The lowest BCUT2D eigenvalue weighted by Gasteiger charge is -2.22. The lowest BCUT2D eigenvalue weighted by Crippen LogP contribution is -2.45. The highest BCUT2D eigenvalue weighted by molar-refractivity contribution is 5.96. The Bertz CT molecular complexity index is 514. The molecule has 0 bridgehead atoms. The highest BCUT2D eigenvalue weighted by Gasteiger charge is 2.32. The first-order chi connectivity index (χ1) is 10.0. The number of amides is 3. The van der Waals surface area contributed by atoms with Crippen molar-refractivity contribution in [2.45, 2.75) is 26.3 Å². The van der Waals surface area contributed by atoms with Crippen LogP contribution in [-0.4, -0.2) is 42.5 Å². The first kappa shape index (κ1) is 15.3. The molecule has 1 aromatic carbocycles. The molecule has 0 aliphatic carbocycles. The Morgan fingerprint density at radius 2 is 1.95 bits per heavy atom. The minimum absolute atomic E-state index is 0.0635. The SMILES string of the molecule is CCN(CC)C(=O)NC1CC(=O)N(c2ccc(F)cc2)C1. The van der Waals surface area contributed by atoms with E-state index in [9.17, 15) is 14.0 Å². The fourth-order valence-electron chi connectivity index (χ4n) is 2.45. The van der Waals surface area contributed by atoms with E-state index >= 15 is 0 Å². The molecule has 1 aliphatic heterocycles. The molecular weight excluding hydrogens is 273 g/mol. The lowest BCUT2D eigenvalue weighted by atomic mass is 10.2. The van der Waals surface area contributed by atoms with Gasteiger partial charge in [0.25, 0.3) is 0 Å². The molecule has 0 saturated carbocycles. The minimum Gasteiger partial charge on any atom is -0.333 e. The standard InChI is InChI=1S/C15H20FN3O2/c1-3-18(4-2)15(21)17-12-9-14(20)19(10-12)13-7-5-11(16)6-8-13/h5-8,12H,3-4,9-10H2,1-2H3,(H,17,21). The van der Waals surface area contributed by atoms with Crippen molar-refractivity contribution < 1.29 is 14.0 Å². The highest BCUT2D eigenvalue weighted by atomic mass is 19.1. The number of hydrogen-bond acceptors (Lipinski definition) is 2. The summed E-state index contributed by atoms with van der Waals surface area (Å²) in [5.41, 5.74) is 0.654. The Labute approximate surface area is 123 Å². The van der Waals surface area contributed by atoms with Gasteiger partial charge in [-0.2, -0.15) is 0 Å². The third-order valence-corrected chi connectivity index (χ3v) is 3.64. The molecule has 0 spiro atoms. The summed E-state index contributed by atoms with van der Waals surface area (Å²) >= 11 is 0. The molecule has 1 N–H and O–H groups in total. The Balaban J connectivity index is 1.99. The third-order valence-electron chi connectivity index (χ3n) is 3.64. The summed E-state index contributed by atoms with van der Waals surface area (Å²) in [4.78, 5) is 27.3. The van der Waals surface area contributed by atoms with E-state index in [-0.39, 0.29) is 30.2 Å². The van der Waals surface area contributed by atoms with Crippen LogP contribution in [-0.2, 0) is 4.79 Å². The van der Waals surface area contributed by atoms with E-state index in [1.807, 2.05) is 13.8 Å². The topological polar surface area (TPSA) is 52.7 Å². The fraction of sp³-hybridized carbons (Fsp3) is 0.467. The van der Waals surface area contributed by atoms with Crippen LogP contribution in [0.25, 0.3) is 0 Å². The molecule has 1 unspecified atom stereocenters. The van der Waals surface area contributed by atoms with E-state index in [4.69, 9.17) is 0 Å². The van der Waals surface area contributed by atoms with Crippen molar-refractivity contribution in [3.63, 3.8) is 0 Å². The number of nitrogens with one attached hydrogen (secondary N) is 1. The van der Waals surface area contributed by atoms with Crippen LogP contribution in [0.2, 0.25) is 0 Å². The van der Waals surface area contributed by atoms with Crippen LogP contribution in [0.4, 0.5) is 14.9 Å². The number of carbonyl (C=O) groups excluding carboxylic acids is 2. The van der Waals surface area contributed by atoms with Gasteiger partial charge in [-0.05, 0) is 38.1 Å². The van der Waals surface area contributed by atoms with Gasteiger partial charge in [0, 0.05) is 31.7 Å². The first-order valence-electron chi connectivity index (χ1n) is 7.16. The van der Waals surface area contributed by atoms with Crippen molar-refractivity contribution in [2.75, 3.05) is 24.5 Å². The van der Waals surface area contributed by atoms with Gasteiger partial charge in [-0.15, -0.1) is 0 Å². The van der Waals surface area contributed by atoms with Crippen LogP contribution in [0, 0.1) is 5.82 Å². The summed E-state index contributed by atoms with van der Waals surface area (Å²) in [6, 6.07) is 5.42. The van der Waals surface area contributed by atoms with Gasteiger partial charge < -0.3 is 15.1 Å². The first-order valence-corrected chi connectivity index (χ1v) is 7.16. The molecule has 1 heterocycles. The summed E-state index contributed by atoms with van der Waals surface area (Å²) < 4.78 is 12.9. The van der Waals surface area contributed by atoms with Crippen molar-refractivity contribution in [1.29, 1.82) is 0 Å². The summed E-state index contributed by atoms with van der Waals surface area (Å²) in [6.45, 7) is 5.49. The molecule has 0 radical (unpaired) electrons. The Morgan fingerprint density at radius 3 is 2.52 bits per heavy atom. The number of rotatable bonds is 4. The summed E-state index contributed by atoms with van der Waals surface area (Å²) in [6.07, 6.45) is 0.268. The maximum Gasteiger partial charge on any atom is 0.317 e. The van der Waals surface area contributed by atoms with Crippen LogP contribution in [0.15, 0.2) is 24.3 Å². The molecule has 1 aliphatic rings. The van der Waals surface area contributed by atoms with Gasteiger partial charge >= 0.3 is 6.03 Å². The van der Waals surface area contributed by atoms with Crippen molar-refractivity contribution in [2.24, 2.45) is 0 Å². The number of urea groups is 1. The second-order valence-electron chi connectivity index (χ2n) is 5.00. The number of benzene rings is 1. The summed E-state index contributed by atoms with van der Waals surface area (Å²) in [5, 5.41) is 2.87. The normalized spacial score (nSPS) is 18.0. The average Bonchev–Trinajstić information content (AvgIpc) is 2.81. The van der Waals surface area contributed by atoms with Crippen molar-refractivity contribution >= 4 is 17.6 Å². The van der Waals surface area contributed by atoms with Gasteiger partial charge in [0.05, 0.1) is 6.04 Å². The number of halogens is 1. The lowest BCUT2D eigenvalue weighted by molar-refractivity contribution is -0.117. The van der Waals surface area contributed by atoms with Crippen LogP contribution < -0.4 is 10.2 Å². The van der Waals surface area contributed by atoms with Gasteiger partial charge in [-0.3, -0.25) is 4.79 Å². The molecule has 2 rings (SSSR count). The minimum atomic E-state index is -0.336. The smallest absolute Gasteiger partial charge is 0.317 e. The average molecular weight is 293 g/mol. The zero-order chi connectivity index (χ0) is 15.4. The van der Waals surface area contributed by atoms with Gasteiger partial charge in [-0.25, -0.2) is 9.18 Å². The van der Waals surface area contributed by atoms with Crippen molar-refractivity contribution in [3.8, 4) is 0 Å². The fourth-order valence-corrected chi connectivity index (χ4v) is 2.45. The molecular formula is C15H20FN3O2. The van der Waals surface area contributed by atoms with E-state index in [0.717, 1.165) is 0 Å². The zero-order valence-corrected chi connectivity index (χ0v) is 12.3. The van der Waals surface area contributed by atoms with Crippen LogP contribution in [0.5, 0.6) is 0 Å². The molecule has 3 amide bonds. The molecule has 1 atom stereocenters. The summed E-state index contributed by atoms with van der Waals surface area (Å²) in [7, 11) is 0. The quantitative estimate of drug-likeness (QED) is 0.923. The van der Waals surface area contributed by atoms with Crippen LogP contribution in [0.1, 0.15) is 20.3 Å². The Kier molecular flexibility index (Phi) is 4.77. The number of nitrogens with zero attached hydrogens (tertiary/aromatic N) is 2. The molecule has 1 aromatic rings. The molecule has 21 heavy (non-hydrogen) atoms. The molecule has 1 saturated heterocycles. The maximum absolute atomic E-state index is 12.9. The molecule has 5 nitrogen and oxygen atoms in total. The van der Waals surface area contributed by atoms with Gasteiger partial charge in [0.2, 0.25) is 5.91 Å². The largest absolute Gasteiger partial charge is 0.333 e. The second-order valence-corrected chi connectivity index (χ2v) is 5.00. The predicted molar refractivity (Wildman–Crippen MR) is 78.6 cm³/mol. The van der Waals surface area contributed by atoms with Crippen LogP contribution in [0.3, 0.4) is 0 Å². The third kappa shape index (κ3) is 3.51. The summed E-state index contributed by atoms with van der Waals surface area (Å²) in [5.74, 6) is -0.400. The number of carbonyl (C=O) groups is 2. The van der Waals surface area contributed by atoms with Gasteiger partial charge in [0.15, 0.2) is 0 Å². The van der Waals surface area contributed by atoms with Gasteiger partial charge in [-0.1, -0.05) is 0 Å². The van der Waals surface area contributed by atoms with E-state index < -0.39 is 0 Å². The van der Waals surface area contributed by atoms with E-state index in [1.165, 1.54) is 12.1 Å². The van der Waals surface area contributed by atoms with Gasteiger partial charge in [0.1, 0.15) is 5.82 Å². The Hall–Kier alpha value is -2.11. The maximum atomic E-state index is 12.9. The van der Waals surface area contributed by atoms with Crippen LogP contribution >= 0.6 is 0 Å². The highest BCUT2D eigenvalue weighted by Crippen LogP contribution is 2.21. The molecule has 0 aromatic heterocycles. The molecule has 6 heteroatoms. The number of hydrogen-bond donors (Lipinski definition) is 1. The van der Waals surface area contributed by atoms with Crippen molar-refractivity contribution in [1.82, 2.24) is 10.2 Å². The predicted octanol–water partition coefficient (Wildman–Crippen LogP) is 1.98. The zero-order valence-electron chi connectivity index (χ0n) is 12.3. The van der Waals surface area contributed by atoms with E-state index in [0.29, 0.717) is 25.3 Å². The van der Waals surface area contributed by atoms with Crippen molar-refractivity contribution in [3.05, 3.63) is 30.1 Å². The Morgan fingerprint density at radius 1 is 1.33 bits per heavy atom. The molecule has 1 fully saturated rings. The molecule has 114 valence electrons. The number of anilines is 1. The monoisotopic (exact) mass is 293 g/mol.